The molecular weight excluding hydrogens is 1920 g/mol. The molecule has 0 bridgehead atoms. The number of halogens is 6. The average molecular weight is 2030 g/mol. The molecule has 37 heteroatoms. The number of aromatic nitrogens is 2. The first-order chi connectivity index (χ1) is 67.5. The molecule has 1 aromatic rings. The van der Waals surface area contributed by atoms with Crippen molar-refractivity contribution in [3.8, 4) is 255 Å². The van der Waals surface area contributed by atoms with Crippen molar-refractivity contribution in [2.75, 3.05) is 51.8 Å². The number of imidazole rings is 1. The number of nitrogens with one attached hydrogen (secondary N) is 6. The molecule has 7 aliphatic rings. The van der Waals surface area contributed by atoms with Crippen LogP contribution in [0.2, 0.25) is 0 Å². The average Bonchev–Trinajstić information content (AvgIpc) is 1.53. The van der Waals surface area contributed by atoms with Gasteiger partial charge in [-0.1, -0.05) is 95.9 Å². The van der Waals surface area contributed by atoms with Crippen molar-refractivity contribution in [2.24, 2.45) is 69.9 Å². The van der Waals surface area contributed by atoms with Gasteiger partial charge in [0.1, 0.15) is 36.3 Å². The highest BCUT2D eigenvalue weighted by Crippen LogP contribution is 2.82. The Morgan fingerprint density at radius 2 is 0.792 bits per heavy atom. The molecule has 12 atom stereocenters. The van der Waals surface area contributed by atoms with Gasteiger partial charge in [-0.25, -0.2) is 17.9 Å². The predicted molar refractivity (Wildman–Crippen MR) is 529 cm³/mol. The molecule has 8 rings (SSSR count). The van der Waals surface area contributed by atoms with E-state index in [1.807, 2.05) is 72.3 Å². The molecule has 750 valence electrons. The second-order valence-electron chi connectivity index (χ2n) is 36.1. The Bertz CT molecular complexity index is 6580. The number of hydrogen-bond donors (Lipinski definition) is 7. The normalized spacial score (nSPS) is 21.3. The van der Waals surface area contributed by atoms with Gasteiger partial charge in [0.15, 0.2) is 0 Å². The second kappa shape index (κ2) is 58.9. The smallest absolute Gasteiger partial charge is 0.379 e. The van der Waals surface area contributed by atoms with E-state index in [9.17, 15) is 88.5 Å². The van der Waals surface area contributed by atoms with E-state index in [2.05, 4.69) is 269 Å². The maximum absolute atomic E-state index is 13.5. The van der Waals surface area contributed by atoms with E-state index in [1.165, 1.54) is 51.3 Å². The number of piperidine rings is 2. The number of aryl methyl sites for hydroxylation is 1. The van der Waals surface area contributed by atoms with Crippen molar-refractivity contribution in [3.05, 3.63) is 18.7 Å². The van der Waals surface area contributed by atoms with Gasteiger partial charge in [-0.05, 0) is 213 Å². The summed E-state index contributed by atoms with van der Waals surface area (Å²) in [6, 6.07) is -5.25. The van der Waals surface area contributed by atoms with Crippen molar-refractivity contribution in [1.29, 1.82) is 5.26 Å². The number of ether oxygens (including phenoxy) is 1. The van der Waals surface area contributed by atoms with Crippen LogP contribution < -0.4 is 37.6 Å². The van der Waals surface area contributed by atoms with Gasteiger partial charge in [-0.15, -0.1) is 6.42 Å². The quantitative estimate of drug-likeness (QED) is 0.0387. The fourth-order valence-corrected chi connectivity index (χ4v) is 23.5. The van der Waals surface area contributed by atoms with Crippen LogP contribution in [0.4, 0.5) is 26.3 Å². The van der Waals surface area contributed by atoms with E-state index in [1.54, 1.807) is 58.0 Å². The predicted octanol–water partition coefficient (Wildman–Crippen LogP) is 8.57. The number of amides is 9. The minimum atomic E-state index is -5.18. The van der Waals surface area contributed by atoms with Crippen molar-refractivity contribution in [2.45, 2.75) is 217 Å². The lowest BCUT2D eigenvalue weighted by molar-refractivity contribution is -0.176. The third-order valence-electron chi connectivity index (χ3n) is 21.4. The number of carbonyl (C=O) groups excluding carboxylic acids is 9. The van der Waals surface area contributed by atoms with Crippen molar-refractivity contribution < 1.29 is 101 Å². The third-order valence-corrected chi connectivity index (χ3v) is 30.3. The number of hydrogen-bond acceptors (Lipinski definition) is 18. The molecule has 0 spiro atoms. The zero-order valence-corrected chi connectivity index (χ0v) is 85.8. The van der Waals surface area contributed by atoms with E-state index in [4.69, 9.17) is 29.8 Å². The van der Waals surface area contributed by atoms with E-state index in [-0.39, 0.29) is 96.3 Å². The van der Waals surface area contributed by atoms with Gasteiger partial charge in [0.25, 0.3) is 0 Å². The first-order valence-corrected chi connectivity index (χ1v) is 49.7. The Morgan fingerprint density at radius 3 is 1.01 bits per heavy atom. The van der Waals surface area contributed by atoms with Crippen LogP contribution in [-0.2, 0) is 81.6 Å². The molecular formula is C107H109F6N12O16P3. The van der Waals surface area contributed by atoms with Gasteiger partial charge in [-0.3, -0.25) is 56.8 Å². The molecule has 2 aliphatic carbocycles. The largest absolute Gasteiger partial charge is 0.471 e. The van der Waals surface area contributed by atoms with Gasteiger partial charge in [0.2, 0.25) is 41.4 Å². The molecule has 28 nitrogen and oxygen atoms in total. The fourth-order valence-electron chi connectivity index (χ4n) is 14.2. The van der Waals surface area contributed by atoms with Crippen molar-refractivity contribution >= 4 is 76.0 Å². The lowest BCUT2D eigenvalue weighted by Gasteiger charge is -2.38. The maximum atomic E-state index is 13.5. The van der Waals surface area contributed by atoms with Gasteiger partial charge in [0, 0.05) is 207 Å². The Balaban J connectivity index is 0.000000485. The number of alkyl halides is 6. The van der Waals surface area contributed by atoms with Crippen LogP contribution in [0.15, 0.2) is 18.7 Å². The number of nitrogens with zero attached hydrogens (tertiary/aromatic N) is 5. The van der Waals surface area contributed by atoms with Gasteiger partial charge in [0.05, 0.1) is 36.5 Å². The molecule has 5 saturated heterocycles. The molecule has 9 amide bonds. The van der Waals surface area contributed by atoms with Gasteiger partial charge >= 0.3 is 47.0 Å². The van der Waals surface area contributed by atoms with Gasteiger partial charge in [-0.2, -0.15) is 31.6 Å². The number of rotatable bonds is 19. The number of nitrogens with two attached hydrogens (primary N) is 1. The second-order valence-corrected chi connectivity index (χ2v) is 43.0. The van der Waals surface area contributed by atoms with Crippen LogP contribution in [0.1, 0.15) is 163 Å². The van der Waals surface area contributed by atoms with Crippen molar-refractivity contribution in [1.82, 2.24) is 51.3 Å². The lowest BCUT2D eigenvalue weighted by Crippen LogP contribution is -2.61. The fraction of sp³-hybridized carbons (Fsp3) is 0.486. The summed E-state index contributed by atoms with van der Waals surface area (Å²) >= 11 is 0. The topological polar surface area (TPSA) is 388 Å². The summed E-state index contributed by atoms with van der Waals surface area (Å²) in [5.74, 6) is 91.7. The highest BCUT2D eigenvalue weighted by atomic mass is 31.3. The summed E-state index contributed by atoms with van der Waals surface area (Å²) in [5, 5.41) is 23.7. The first kappa shape index (κ1) is 123. The van der Waals surface area contributed by atoms with Crippen LogP contribution in [0.3, 0.4) is 0 Å². The van der Waals surface area contributed by atoms with E-state index >= 15 is 0 Å². The number of terminal acetylenes is 1. The number of likely N-dealkylation sites (tertiary alicyclic amines) is 2. The molecule has 6 heterocycles. The number of fused-ring (bicyclic) bond motifs is 2. The van der Waals surface area contributed by atoms with Crippen LogP contribution in [-0.4, -0.2) is 178 Å². The number of primary amides is 1. The van der Waals surface area contributed by atoms with Crippen molar-refractivity contribution in [3.63, 3.8) is 0 Å². The Morgan fingerprint density at radius 1 is 0.507 bits per heavy atom. The highest BCUT2D eigenvalue weighted by Gasteiger charge is 2.71. The zero-order chi connectivity index (χ0) is 108. The van der Waals surface area contributed by atoms with E-state index < -0.39 is 135 Å². The first-order valence-electron chi connectivity index (χ1n) is 44.5. The summed E-state index contributed by atoms with van der Waals surface area (Å²) in [6.07, 6.45) is 3.06. The summed E-state index contributed by atoms with van der Waals surface area (Å²) < 4.78 is 137. The number of nitriles is 1. The minimum absolute atomic E-state index is 0.00266. The molecule has 8 N–H and O–H groups in total. The molecule has 0 unspecified atom stereocenters. The molecule has 144 heavy (non-hydrogen) atoms. The van der Waals surface area contributed by atoms with Crippen LogP contribution in [0.5, 0.6) is 0 Å². The molecule has 0 radical (unpaired) electrons. The molecule has 5 aliphatic heterocycles. The number of methoxy groups -OCH3 is 1. The third kappa shape index (κ3) is 43.5. The summed E-state index contributed by atoms with van der Waals surface area (Å²) in [6.45, 7) is 31.2. The highest BCUT2D eigenvalue weighted by molar-refractivity contribution is 7.80. The lowest BCUT2D eigenvalue weighted by atomic mass is 9.85. The van der Waals surface area contributed by atoms with E-state index in [0.717, 1.165) is 0 Å². The Hall–Kier alpha value is -15.2. The standard InChI is InChI=1S/C43H4.C23H34F3N5O5.C23H32F3N5O4.C9H21O6P3.C5H12O.C4H6N2/c1-3-5-7-9-11-13-15-17-19-21-23-25-27-29-31-33-35-37-39-41-43-42-40-38-36-34-32-30-28-26-24-22-20-18-16-14-12-10-8-6-4-2;1-21(2,3)15(30-20(36)23(24,25)26)19(35)31-9-11-13(22(11,4)5)14(31)18(34)29-12(16(27)32)8-10-6-7-28-17(10)33;1-21(2,3)16(30-20(35)23(24,25)26)19(34)31-10-13-14(22(13,4)5)15(31)18(33)29-12(9-27)8-11-6-7-28-17(11)32;1-4-7-16(10)13-17(11,8-5-2)15-18(12,14-16)9-6-3;1-5(2,3)6-4;1-6-3-2-5-4-6/h1H,2H3;10-15H,6-9H2,1-5H3,(H2,27,32)(H,28,33)(H,29,34)(H,30,36);11-16H,6-8,10H2,1-5H3,(H,28,32)(H,29,33)(H,30,35);4-9H2,1-3H3;1-4H3;2-4H,1H3/t;10-,11-,12-,13-,14-,15+;11-,12-,13-,14-,15-,16+;;;/m.00.../s1. The summed E-state index contributed by atoms with van der Waals surface area (Å²) in [7, 11) is -7.06. The molecule has 1 aromatic heterocycles. The summed E-state index contributed by atoms with van der Waals surface area (Å²) in [4.78, 5) is 119. The Kier molecular flexibility index (Phi) is 50.3. The van der Waals surface area contributed by atoms with Gasteiger partial charge < -0.3 is 56.7 Å². The monoisotopic (exact) mass is 2020 g/mol. The SMILES string of the molecule is C#CC#CC#CC#CC#CC#CC#CC#CC#CC#CC#CC#CC#CC#CC#CC#CC#CC#CC#CC#CC#CC.CC(C)(C)[C@H](NC(=O)C(F)(F)F)C(=O)N1C[C@H]2[C@@H]([C@H]1C(=O)N[C@@H](C[C@@H]1CCNC1=O)C(N)=O)C2(C)C.CC(C)(C)[C@H](NC(=O)C(F)(F)F)C(=O)N1C[C@H]2[C@@H]([C@H]1C(=O)N[C@H](C#N)C[C@@H]1CCNC1=O)C2(C)C.CCCP1(=O)OP(=O)(CCC)OP(=O)(CCC)O1.COC(C)(C)C.Cn1ccnc1. The van der Waals surface area contributed by atoms with Crippen LogP contribution >= 0.6 is 22.8 Å². The van der Waals surface area contributed by atoms with E-state index in [0.29, 0.717) is 45.2 Å². The molecule has 7 fully saturated rings. The number of carbonyl (C=O) groups is 9. The minimum Gasteiger partial charge on any atom is -0.379 e. The molecule has 2 saturated carbocycles. The molecule has 0 aromatic carbocycles. The zero-order valence-electron chi connectivity index (χ0n) is 83.1. The Labute approximate surface area is 841 Å². The maximum Gasteiger partial charge on any atom is 0.471 e. The van der Waals surface area contributed by atoms with Crippen LogP contribution in [0.25, 0.3) is 0 Å². The van der Waals surface area contributed by atoms with Crippen LogP contribution in [0, 0.1) is 318 Å². The summed E-state index contributed by atoms with van der Waals surface area (Å²) in [5.41, 5.74) is 2.80.